The summed E-state index contributed by atoms with van der Waals surface area (Å²) in [4.78, 5) is 16.3. The van der Waals surface area contributed by atoms with Gasteiger partial charge in [-0.2, -0.15) is 0 Å². The van der Waals surface area contributed by atoms with Crippen molar-refractivity contribution in [1.82, 2.24) is 9.62 Å². The Hall–Kier alpha value is -0.910. The van der Waals surface area contributed by atoms with E-state index in [4.69, 9.17) is 23.2 Å². The molecule has 0 aliphatic carbocycles. The Balaban J connectivity index is 2.13. The topological polar surface area (TPSA) is 44.7 Å². The second kappa shape index (κ2) is 4.95. The molecule has 0 radical (unpaired) electrons. The molecule has 2 amide bonds. The number of rotatable bonds is 2. The van der Waals surface area contributed by atoms with Crippen LogP contribution >= 0.6 is 35.1 Å². The lowest BCUT2D eigenvalue weighted by Gasteiger charge is -2.27. The molecule has 0 aromatic heterocycles. The van der Waals surface area contributed by atoms with Crippen molar-refractivity contribution in [3.63, 3.8) is 0 Å². The molecule has 1 atom stereocenters. The van der Waals surface area contributed by atoms with Crippen LogP contribution in [-0.2, 0) is 0 Å². The smallest absolute Gasteiger partial charge is 0.282 e. The molecule has 16 heavy (non-hydrogen) atoms. The summed E-state index contributed by atoms with van der Waals surface area (Å²) < 4.78 is 1.31. The SMILES string of the molecule is O=C1NC(Cl)=NC(Cl)N1Sc1ccccc1. The van der Waals surface area contributed by atoms with Crippen molar-refractivity contribution in [1.29, 1.82) is 0 Å². The van der Waals surface area contributed by atoms with Crippen molar-refractivity contribution in [2.75, 3.05) is 0 Å². The molecule has 0 fully saturated rings. The quantitative estimate of drug-likeness (QED) is 0.513. The summed E-state index contributed by atoms with van der Waals surface area (Å²) in [5.41, 5.74) is -0.800. The van der Waals surface area contributed by atoms with Gasteiger partial charge in [0.25, 0.3) is 0 Å². The zero-order chi connectivity index (χ0) is 11.5. The van der Waals surface area contributed by atoms with Crippen LogP contribution < -0.4 is 5.32 Å². The standard InChI is InChI=1S/C9H7Cl2N3OS/c10-7-12-8(11)14(9(15)13-7)16-6-4-2-1-3-5-6/h1-5,8H,(H,12,13,15). The van der Waals surface area contributed by atoms with Gasteiger partial charge < -0.3 is 0 Å². The van der Waals surface area contributed by atoms with Crippen molar-refractivity contribution in [3.05, 3.63) is 30.3 Å². The Kier molecular flexibility index (Phi) is 3.58. The highest BCUT2D eigenvalue weighted by molar-refractivity contribution is 7.97. The molecule has 1 aliphatic rings. The van der Waals surface area contributed by atoms with Gasteiger partial charge in [0, 0.05) is 4.90 Å². The number of nitrogens with zero attached hydrogens (tertiary/aromatic N) is 2. The van der Waals surface area contributed by atoms with Gasteiger partial charge >= 0.3 is 6.03 Å². The van der Waals surface area contributed by atoms with E-state index in [0.29, 0.717) is 0 Å². The number of carbonyl (C=O) groups is 1. The second-order valence-corrected chi connectivity index (χ2v) is 4.69. The minimum Gasteiger partial charge on any atom is -0.282 e. The van der Waals surface area contributed by atoms with E-state index in [1.165, 1.54) is 16.3 Å². The van der Waals surface area contributed by atoms with Crippen LogP contribution in [0.15, 0.2) is 40.2 Å². The molecule has 0 bridgehead atoms. The first-order valence-electron chi connectivity index (χ1n) is 4.37. The van der Waals surface area contributed by atoms with Crippen LogP contribution in [-0.4, -0.2) is 21.3 Å². The molecule has 84 valence electrons. The number of aliphatic imine (C=N–C) groups is 1. The Morgan fingerprint density at radius 3 is 2.69 bits per heavy atom. The molecule has 7 heteroatoms. The first-order valence-corrected chi connectivity index (χ1v) is 5.96. The molecular weight excluding hydrogens is 269 g/mol. The summed E-state index contributed by atoms with van der Waals surface area (Å²) in [7, 11) is 0. The normalized spacial score (nSPS) is 20.4. The van der Waals surface area contributed by atoms with E-state index in [-0.39, 0.29) is 11.3 Å². The van der Waals surface area contributed by atoms with E-state index in [1.807, 2.05) is 30.3 Å². The third-order valence-electron chi connectivity index (χ3n) is 1.77. The molecule has 2 rings (SSSR count). The summed E-state index contributed by atoms with van der Waals surface area (Å²) in [5.74, 6) is 0. The first kappa shape index (κ1) is 11.6. The van der Waals surface area contributed by atoms with Gasteiger partial charge in [-0.15, -0.1) is 0 Å². The Morgan fingerprint density at radius 2 is 2.06 bits per heavy atom. The average Bonchev–Trinajstić information content (AvgIpc) is 2.25. The van der Waals surface area contributed by atoms with Crippen molar-refractivity contribution >= 4 is 46.5 Å². The number of urea groups is 1. The fraction of sp³-hybridized carbons (Fsp3) is 0.111. The highest BCUT2D eigenvalue weighted by Crippen LogP contribution is 2.28. The molecule has 1 unspecified atom stereocenters. The second-order valence-electron chi connectivity index (χ2n) is 2.89. The van der Waals surface area contributed by atoms with Crippen molar-refractivity contribution in [2.24, 2.45) is 4.99 Å². The fourth-order valence-corrected chi connectivity index (χ4v) is 2.40. The highest BCUT2D eigenvalue weighted by atomic mass is 35.5. The predicted molar refractivity (Wildman–Crippen MR) is 65.6 cm³/mol. The van der Waals surface area contributed by atoms with Crippen LogP contribution in [0.25, 0.3) is 0 Å². The molecule has 1 aromatic rings. The summed E-state index contributed by atoms with van der Waals surface area (Å²) in [6.07, 6.45) is 0. The van der Waals surface area contributed by atoms with Crippen molar-refractivity contribution < 1.29 is 4.79 Å². The van der Waals surface area contributed by atoms with Crippen LogP contribution in [0.4, 0.5) is 4.79 Å². The van der Waals surface area contributed by atoms with Crippen LogP contribution in [0.3, 0.4) is 0 Å². The van der Waals surface area contributed by atoms with Crippen LogP contribution in [0.1, 0.15) is 0 Å². The maximum absolute atomic E-state index is 11.6. The van der Waals surface area contributed by atoms with E-state index in [1.54, 1.807) is 0 Å². The largest absolute Gasteiger partial charge is 0.336 e. The fourth-order valence-electron chi connectivity index (χ4n) is 1.10. The van der Waals surface area contributed by atoms with Gasteiger partial charge in [0.05, 0.1) is 0 Å². The maximum atomic E-state index is 11.6. The van der Waals surface area contributed by atoms with Gasteiger partial charge in [0.1, 0.15) is 0 Å². The zero-order valence-electron chi connectivity index (χ0n) is 7.93. The van der Waals surface area contributed by atoms with Crippen molar-refractivity contribution in [3.8, 4) is 0 Å². The monoisotopic (exact) mass is 275 g/mol. The number of amidine groups is 1. The molecule has 1 N–H and O–H groups in total. The lowest BCUT2D eigenvalue weighted by atomic mass is 10.4. The number of hydrogen-bond donors (Lipinski definition) is 1. The average molecular weight is 276 g/mol. The summed E-state index contributed by atoms with van der Waals surface area (Å²) in [5, 5.41) is 2.39. The van der Waals surface area contributed by atoms with E-state index in [2.05, 4.69) is 10.3 Å². The minimum atomic E-state index is -0.800. The van der Waals surface area contributed by atoms with Gasteiger partial charge in [-0.3, -0.25) is 5.32 Å². The number of hydrogen-bond acceptors (Lipinski definition) is 3. The molecular formula is C9H7Cl2N3OS. The van der Waals surface area contributed by atoms with Gasteiger partial charge in [-0.25, -0.2) is 14.1 Å². The lowest BCUT2D eigenvalue weighted by Crippen LogP contribution is -2.45. The zero-order valence-corrected chi connectivity index (χ0v) is 10.3. The van der Waals surface area contributed by atoms with Gasteiger partial charge in [-0.1, -0.05) is 29.8 Å². The molecule has 1 heterocycles. The first-order chi connectivity index (χ1) is 7.66. The molecule has 4 nitrogen and oxygen atoms in total. The maximum Gasteiger partial charge on any atom is 0.336 e. The summed E-state index contributed by atoms with van der Waals surface area (Å²) >= 11 is 12.7. The van der Waals surface area contributed by atoms with E-state index in [9.17, 15) is 4.79 Å². The molecule has 0 saturated heterocycles. The number of amides is 2. The number of benzene rings is 1. The molecule has 0 spiro atoms. The third kappa shape index (κ3) is 2.61. The van der Waals surface area contributed by atoms with E-state index in [0.717, 1.165) is 4.90 Å². The van der Waals surface area contributed by atoms with Gasteiger partial charge in [0.2, 0.25) is 10.9 Å². The Morgan fingerprint density at radius 1 is 1.38 bits per heavy atom. The van der Waals surface area contributed by atoms with Crippen LogP contribution in [0, 0.1) is 0 Å². The predicted octanol–water partition coefficient (Wildman–Crippen LogP) is 2.84. The highest BCUT2D eigenvalue weighted by Gasteiger charge is 2.28. The molecule has 1 aromatic carbocycles. The Bertz CT molecular complexity index is 426. The summed E-state index contributed by atoms with van der Waals surface area (Å²) in [6, 6.07) is 9.03. The number of carbonyl (C=O) groups excluding carboxylic acids is 1. The summed E-state index contributed by atoms with van der Waals surface area (Å²) in [6.45, 7) is 0. The van der Waals surface area contributed by atoms with E-state index >= 15 is 0 Å². The van der Waals surface area contributed by atoms with E-state index < -0.39 is 5.62 Å². The number of halogens is 2. The van der Waals surface area contributed by atoms with Gasteiger partial charge in [-0.05, 0) is 35.7 Å². The van der Waals surface area contributed by atoms with Crippen LogP contribution in [0.2, 0.25) is 0 Å². The lowest BCUT2D eigenvalue weighted by molar-refractivity contribution is 0.227. The Labute approximate surface area is 107 Å². The number of alkyl halides is 1. The molecule has 1 aliphatic heterocycles. The van der Waals surface area contributed by atoms with Gasteiger partial charge in [0.15, 0.2) is 0 Å². The minimum absolute atomic E-state index is 0.00918. The van der Waals surface area contributed by atoms with Crippen LogP contribution in [0.5, 0.6) is 0 Å². The number of nitrogens with one attached hydrogen (secondary N) is 1. The molecule has 0 saturated carbocycles. The van der Waals surface area contributed by atoms with Crippen molar-refractivity contribution in [2.45, 2.75) is 10.5 Å². The third-order valence-corrected chi connectivity index (χ3v) is 3.42.